The van der Waals surface area contributed by atoms with E-state index in [1.165, 1.54) is 0 Å². The number of nitrogens with zero attached hydrogens (tertiary/aromatic N) is 9. The van der Waals surface area contributed by atoms with Crippen LogP contribution in [0.4, 0.5) is 10.5 Å². The van der Waals surface area contributed by atoms with Crippen LogP contribution in [0.2, 0.25) is 0 Å². The number of carbonyl (C=O) groups is 1. The minimum absolute atomic E-state index is 0.0160. The van der Waals surface area contributed by atoms with E-state index in [0.717, 1.165) is 11.1 Å². The number of benzene rings is 2. The van der Waals surface area contributed by atoms with E-state index in [-0.39, 0.29) is 19.7 Å². The van der Waals surface area contributed by atoms with Crippen LogP contribution < -0.4 is 14.8 Å². The van der Waals surface area contributed by atoms with Crippen molar-refractivity contribution < 1.29 is 19.0 Å². The molecule has 0 bridgehead atoms. The van der Waals surface area contributed by atoms with E-state index in [9.17, 15) is 4.79 Å². The number of aryl methyl sites for hydroxylation is 1. The van der Waals surface area contributed by atoms with E-state index >= 15 is 0 Å². The highest BCUT2D eigenvalue weighted by Gasteiger charge is 2.16. The molecule has 35 heavy (non-hydrogen) atoms. The van der Waals surface area contributed by atoms with Gasteiger partial charge in [-0.05, 0) is 59.3 Å². The van der Waals surface area contributed by atoms with Gasteiger partial charge in [-0.3, -0.25) is 5.32 Å². The maximum atomic E-state index is 12.1. The van der Waals surface area contributed by atoms with Gasteiger partial charge < -0.3 is 14.2 Å². The first kappa shape index (κ1) is 26.5. The molecule has 2 aromatic rings. The summed E-state index contributed by atoms with van der Waals surface area (Å²) in [6.07, 6.45) is -0.140. The average molecular weight is 480 g/mol. The quantitative estimate of drug-likeness (QED) is 0.189. The standard InChI is InChI=1S/C21H24N10O4/c1-3-14-8-16(11-26-30-23)20(9-15(14)10-25-29-22)34-12-17-18(6-5-7-19(17)33-4-2)28-21(32)35-13-27-31-24/h5-9H,3-4,10-13H2,1-2H3,(H,28,32). The van der Waals surface area contributed by atoms with Gasteiger partial charge in [0.1, 0.15) is 18.1 Å². The Kier molecular flexibility index (Phi) is 10.9. The van der Waals surface area contributed by atoms with E-state index < -0.39 is 12.8 Å². The largest absolute Gasteiger partial charge is 0.493 e. The van der Waals surface area contributed by atoms with Crippen molar-refractivity contribution in [3.63, 3.8) is 0 Å². The highest BCUT2D eigenvalue weighted by molar-refractivity contribution is 5.86. The summed E-state index contributed by atoms with van der Waals surface area (Å²) in [4.78, 5) is 20.3. The zero-order chi connectivity index (χ0) is 25.5. The van der Waals surface area contributed by atoms with Crippen molar-refractivity contribution in [3.8, 4) is 11.5 Å². The van der Waals surface area contributed by atoms with Crippen molar-refractivity contribution in [2.45, 2.75) is 40.0 Å². The van der Waals surface area contributed by atoms with Crippen LogP contribution in [-0.4, -0.2) is 19.4 Å². The number of ether oxygens (including phenoxy) is 3. The number of hydrogen-bond donors (Lipinski definition) is 1. The Morgan fingerprint density at radius 2 is 1.63 bits per heavy atom. The van der Waals surface area contributed by atoms with Gasteiger partial charge in [-0.25, -0.2) is 4.79 Å². The Labute approximate surface area is 200 Å². The lowest BCUT2D eigenvalue weighted by Crippen LogP contribution is -2.16. The molecular weight excluding hydrogens is 456 g/mol. The number of azide groups is 3. The second-order valence-electron chi connectivity index (χ2n) is 6.78. The second-order valence-corrected chi connectivity index (χ2v) is 6.78. The molecule has 1 amide bonds. The summed E-state index contributed by atoms with van der Waals surface area (Å²) >= 11 is 0. The molecule has 0 saturated carbocycles. The Bertz CT molecular complexity index is 1180. The van der Waals surface area contributed by atoms with E-state index in [4.69, 9.17) is 30.8 Å². The van der Waals surface area contributed by atoms with Crippen molar-refractivity contribution in [1.82, 2.24) is 0 Å². The molecule has 2 rings (SSSR count). The fourth-order valence-corrected chi connectivity index (χ4v) is 3.20. The first-order valence-corrected chi connectivity index (χ1v) is 10.6. The lowest BCUT2D eigenvalue weighted by Gasteiger charge is -2.19. The predicted molar refractivity (Wildman–Crippen MR) is 128 cm³/mol. The highest BCUT2D eigenvalue weighted by atomic mass is 16.6. The summed E-state index contributed by atoms with van der Waals surface area (Å²) in [7, 11) is 0. The lowest BCUT2D eigenvalue weighted by atomic mass is 10.0. The molecule has 14 heteroatoms. The molecule has 182 valence electrons. The van der Waals surface area contributed by atoms with Crippen molar-refractivity contribution in [1.29, 1.82) is 0 Å². The van der Waals surface area contributed by atoms with Gasteiger partial charge in [0.2, 0.25) is 0 Å². The molecule has 0 saturated heterocycles. The van der Waals surface area contributed by atoms with E-state index in [1.54, 1.807) is 24.3 Å². The molecule has 0 heterocycles. The van der Waals surface area contributed by atoms with Crippen LogP contribution in [0.5, 0.6) is 11.5 Å². The van der Waals surface area contributed by atoms with Gasteiger partial charge in [0.05, 0.1) is 30.9 Å². The van der Waals surface area contributed by atoms with Gasteiger partial charge in [0, 0.05) is 20.3 Å². The molecular formula is C21H24N10O4. The Balaban J connectivity index is 2.41. The van der Waals surface area contributed by atoms with Gasteiger partial charge in [-0.15, -0.1) is 0 Å². The lowest BCUT2D eigenvalue weighted by molar-refractivity contribution is 0.165. The van der Waals surface area contributed by atoms with Gasteiger partial charge in [0.25, 0.3) is 0 Å². The summed E-state index contributed by atoms with van der Waals surface area (Å²) in [6, 6.07) is 8.67. The normalized spacial score (nSPS) is 9.66. The topological polar surface area (TPSA) is 203 Å². The van der Waals surface area contributed by atoms with Gasteiger partial charge >= 0.3 is 6.09 Å². The first-order chi connectivity index (χ1) is 17.1. The van der Waals surface area contributed by atoms with Crippen molar-refractivity contribution in [2.24, 2.45) is 15.3 Å². The monoisotopic (exact) mass is 480 g/mol. The molecule has 0 aliphatic rings. The Morgan fingerprint density at radius 3 is 2.29 bits per heavy atom. The minimum Gasteiger partial charge on any atom is -0.493 e. The summed E-state index contributed by atoms with van der Waals surface area (Å²) in [6.45, 7) is 3.88. The van der Waals surface area contributed by atoms with Crippen LogP contribution in [0, 0.1) is 0 Å². The molecule has 0 fully saturated rings. The number of carbonyl (C=O) groups excluding carboxylic acids is 1. The van der Waals surface area contributed by atoms with Gasteiger partial charge in [-0.2, -0.15) is 0 Å². The molecule has 0 atom stereocenters. The molecule has 1 N–H and O–H groups in total. The van der Waals surface area contributed by atoms with Crippen LogP contribution in [0.25, 0.3) is 31.3 Å². The van der Waals surface area contributed by atoms with E-state index in [2.05, 4.69) is 35.4 Å². The number of amides is 1. The third-order valence-corrected chi connectivity index (χ3v) is 4.73. The second kappa shape index (κ2) is 14.4. The maximum absolute atomic E-state index is 12.1. The summed E-state index contributed by atoms with van der Waals surface area (Å²) in [5, 5.41) is 13.0. The van der Waals surface area contributed by atoms with E-state index in [0.29, 0.717) is 41.3 Å². The minimum atomic E-state index is -0.819. The van der Waals surface area contributed by atoms with Crippen molar-refractivity contribution in [2.75, 3.05) is 18.7 Å². The smallest absolute Gasteiger partial charge is 0.411 e. The predicted octanol–water partition coefficient (Wildman–Crippen LogP) is 6.66. The number of rotatable bonds is 13. The zero-order valence-corrected chi connectivity index (χ0v) is 19.3. The number of nitrogens with one attached hydrogen (secondary N) is 1. The van der Waals surface area contributed by atoms with Crippen LogP contribution in [0.1, 0.15) is 36.1 Å². The van der Waals surface area contributed by atoms with E-state index in [1.807, 2.05) is 19.9 Å². The molecule has 0 spiro atoms. The van der Waals surface area contributed by atoms with Crippen molar-refractivity contribution >= 4 is 11.8 Å². The van der Waals surface area contributed by atoms with Crippen LogP contribution in [-0.2, 0) is 30.9 Å². The number of anilines is 1. The molecule has 0 unspecified atom stereocenters. The fourth-order valence-electron chi connectivity index (χ4n) is 3.20. The van der Waals surface area contributed by atoms with Crippen LogP contribution in [0.3, 0.4) is 0 Å². The summed E-state index contributed by atoms with van der Waals surface area (Å²) in [5.41, 5.74) is 29.1. The van der Waals surface area contributed by atoms with Gasteiger partial charge in [0.15, 0.2) is 6.73 Å². The molecule has 0 aromatic heterocycles. The summed E-state index contributed by atoms with van der Waals surface area (Å²) < 4.78 is 16.6. The molecule has 0 aliphatic carbocycles. The Hall–Kier alpha value is -4.76. The molecule has 0 radical (unpaired) electrons. The van der Waals surface area contributed by atoms with Crippen LogP contribution >= 0.6 is 0 Å². The summed E-state index contributed by atoms with van der Waals surface area (Å²) in [5.74, 6) is 0.914. The molecule has 14 nitrogen and oxygen atoms in total. The van der Waals surface area contributed by atoms with Gasteiger partial charge in [-0.1, -0.05) is 34.4 Å². The highest BCUT2D eigenvalue weighted by Crippen LogP contribution is 2.31. The molecule has 2 aromatic carbocycles. The molecule has 0 aliphatic heterocycles. The third-order valence-electron chi connectivity index (χ3n) is 4.73. The fraction of sp³-hybridized carbons (Fsp3) is 0.381. The zero-order valence-electron chi connectivity index (χ0n) is 19.3. The van der Waals surface area contributed by atoms with Crippen LogP contribution in [0.15, 0.2) is 45.7 Å². The third kappa shape index (κ3) is 7.95. The van der Waals surface area contributed by atoms with Crippen molar-refractivity contribution in [3.05, 3.63) is 83.9 Å². The number of hydrogen-bond acceptors (Lipinski definition) is 7. The average Bonchev–Trinajstić information content (AvgIpc) is 2.86. The maximum Gasteiger partial charge on any atom is 0.411 e. The first-order valence-electron chi connectivity index (χ1n) is 10.6. The Morgan fingerprint density at radius 1 is 0.914 bits per heavy atom. The SMILES string of the molecule is CCOc1cccc(NC(=O)OCN=[N+]=[N-])c1COc1cc(CN=[N+]=[N-])c(CC)cc1CN=[N+]=[N-].